The predicted molar refractivity (Wildman–Crippen MR) is 55.2 cm³/mol. The lowest BCUT2D eigenvalue weighted by Gasteiger charge is -2.13. The molecule has 1 rings (SSSR count). The first kappa shape index (κ1) is 12.0. The van der Waals surface area contributed by atoms with Crippen molar-refractivity contribution in [2.45, 2.75) is 44.7 Å². The third kappa shape index (κ3) is 4.29. The first-order valence-electron chi connectivity index (χ1n) is 5.28. The number of hydrogen-bond acceptors (Lipinski definition) is 3. The van der Waals surface area contributed by atoms with Crippen LogP contribution in [0.25, 0.3) is 0 Å². The molecule has 1 aliphatic rings. The molecule has 0 aliphatic heterocycles. The van der Waals surface area contributed by atoms with E-state index in [0.29, 0.717) is 12.8 Å². The zero-order valence-electron chi connectivity index (χ0n) is 8.90. The molecule has 2 unspecified atom stereocenters. The van der Waals surface area contributed by atoms with Crippen LogP contribution in [0.15, 0.2) is 0 Å². The van der Waals surface area contributed by atoms with E-state index in [1.807, 2.05) is 6.92 Å². The van der Waals surface area contributed by atoms with Crippen LogP contribution in [0.3, 0.4) is 0 Å². The molecule has 86 valence electrons. The number of carbonyl (C=O) groups excluding carboxylic acids is 1. The van der Waals surface area contributed by atoms with Crippen molar-refractivity contribution in [1.82, 2.24) is 5.32 Å². The van der Waals surface area contributed by atoms with Gasteiger partial charge in [0.2, 0.25) is 5.91 Å². The fourth-order valence-electron chi connectivity index (χ4n) is 1.42. The molecule has 0 heterocycles. The summed E-state index contributed by atoms with van der Waals surface area (Å²) in [7, 11) is 0. The second-order valence-corrected chi connectivity index (χ2v) is 4.24. The lowest BCUT2D eigenvalue weighted by Crippen LogP contribution is -2.42. The summed E-state index contributed by atoms with van der Waals surface area (Å²) in [5.74, 6) is -1.03. The van der Waals surface area contributed by atoms with E-state index in [1.165, 1.54) is 0 Å². The van der Waals surface area contributed by atoms with Gasteiger partial charge in [-0.2, -0.15) is 0 Å². The van der Waals surface area contributed by atoms with Crippen LogP contribution in [0.4, 0.5) is 0 Å². The van der Waals surface area contributed by atoms with Gasteiger partial charge in [0.15, 0.2) is 0 Å². The molecule has 5 nitrogen and oxygen atoms in total. The van der Waals surface area contributed by atoms with Gasteiger partial charge >= 0.3 is 5.97 Å². The van der Waals surface area contributed by atoms with Crippen molar-refractivity contribution < 1.29 is 14.7 Å². The van der Waals surface area contributed by atoms with E-state index in [-0.39, 0.29) is 17.9 Å². The minimum atomic E-state index is -0.938. The summed E-state index contributed by atoms with van der Waals surface area (Å²) in [6, 6.07) is -0.731. The van der Waals surface area contributed by atoms with E-state index >= 15 is 0 Å². The Kier molecular flexibility index (Phi) is 4.08. The van der Waals surface area contributed by atoms with Gasteiger partial charge in [-0.1, -0.05) is 0 Å². The molecule has 2 atom stereocenters. The summed E-state index contributed by atoms with van der Waals surface area (Å²) in [5.41, 5.74) is 5.51. The smallest absolute Gasteiger partial charge is 0.326 e. The molecule has 0 aromatic rings. The molecule has 0 aromatic heterocycles. The highest BCUT2D eigenvalue weighted by Crippen LogP contribution is 2.32. The van der Waals surface area contributed by atoms with E-state index in [0.717, 1.165) is 12.8 Å². The minimum absolute atomic E-state index is 0.0278. The second kappa shape index (κ2) is 5.11. The summed E-state index contributed by atoms with van der Waals surface area (Å²) < 4.78 is 0. The number of nitrogens with two attached hydrogens (primary N) is 1. The van der Waals surface area contributed by atoms with Crippen LogP contribution in [0, 0.1) is 5.92 Å². The molecule has 0 aromatic carbocycles. The van der Waals surface area contributed by atoms with Crippen molar-refractivity contribution in [3.05, 3.63) is 0 Å². The van der Waals surface area contributed by atoms with Gasteiger partial charge in [0.1, 0.15) is 6.04 Å². The molecule has 4 N–H and O–H groups in total. The standard InChI is InChI=1S/C10H18N2O3/c1-6(11)2-5-8(13)12-9(10(14)15)7-3-4-7/h6-7,9H,2-5,11H2,1H3,(H,12,13)(H,14,15). The lowest BCUT2D eigenvalue weighted by molar-refractivity contribution is -0.142. The summed E-state index contributed by atoms with van der Waals surface area (Å²) in [5, 5.41) is 11.4. The van der Waals surface area contributed by atoms with Gasteiger partial charge in [-0.25, -0.2) is 4.79 Å². The Morgan fingerprint density at radius 3 is 2.53 bits per heavy atom. The third-order valence-electron chi connectivity index (χ3n) is 2.50. The lowest BCUT2D eigenvalue weighted by atomic mass is 10.1. The molecule has 0 saturated heterocycles. The molecule has 1 saturated carbocycles. The van der Waals surface area contributed by atoms with Crippen molar-refractivity contribution >= 4 is 11.9 Å². The van der Waals surface area contributed by atoms with Gasteiger partial charge < -0.3 is 16.2 Å². The Morgan fingerprint density at radius 2 is 2.13 bits per heavy atom. The van der Waals surface area contributed by atoms with Crippen LogP contribution >= 0.6 is 0 Å². The zero-order valence-corrected chi connectivity index (χ0v) is 8.90. The van der Waals surface area contributed by atoms with Gasteiger partial charge in [-0.05, 0) is 32.1 Å². The molecule has 0 bridgehead atoms. The first-order chi connectivity index (χ1) is 7.00. The van der Waals surface area contributed by atoms with Crippen molar-refractivity contribution in [3.63, 3.8) is 0 Å². The Bertz CT molecular complexity index is 249. The molecule has 0 radical (unpaired) electrons. The number of carbonyl (C=O) groups is 2. The van der Waals surface area contributed by atoms with Gasteiger partial charge in [0, 0.05) is 12.5 Å². The van der Waals surface area contributed by atoms with E-state index in [1.54, 1.807) is 0 Å². The maximum atomic E-state index is 11.4. The first-order valence-corrected chi connectivity index (χ1v) is 5.28. The van der Waals surface area contributed by atoms with E-state index in [4.69, 9.17) is 10.8 Å². The van der Waals surface area contributed by atoms with Crippen molar-refractivity contribution in [2.24, 2.45) is 11.7 Å². The molecule has 0 spiro atoms. The molecule has 1 amide bonds. The molecule has 15 heavy (non-hydrogen) atoms. The van der Waals surface area contributed by atoms with Gasteiger partial charge in [0.05, 0.1) is 0 Å². The Balaban J connectivity index is 2.31. The highest BCUT2D eigenvalue weighted by atomic mass is 16.4. The average molecular weight is 214 g/mol. The molecule has 5 heteroatoms. The maximum Gasteiger partial charge on any atom is 0.326 e. The molecular weight excluding hydrogens is 196 g/mol. The summed E-state index contributed by atoms with van der Waals surface area (Å²) >= 11 is 0. The maximum absolute atomic E-state index is 11.4. The van der Waals surface area contributed by atoms with Crippen molar-refractivity contribution in [3.8, 4) is 0 Å². The molecule has 1 aliphatic carbocycles. The monoisotopic (exact) mass is 214 g/mol. The molecular formula is C10H18N2O3. The Morgan fingerprint density at radius 1 is 1.53 bits per heavy atom. The van der Waals surface area contributed by atoms with Crippen LogP contribution in [0.2, 0.25) is 0 Å². The van der Waals surface area contributed by atoms with E-state index in [2.05, 4.69) is 5.32 Å². The number of carboxylic acids is 1. The fourth-order valence-corrected chi connectivity index (χ4v) is 1.42. The topological polar surface area (TPSA) is 92.4 Å². The summed E-state index contributed by atoms with van der Waals surface area (Å²) in [4.78, 5) is 22.2. The Hall–Kier alpha value is -1.10. The van der Waals surface area contributed by atoms with Crippen molar-refractivity contribution in [1.29, 1.82) is 0 Å². The van der Waals surface area contributed by atoms with Crippen LogP contribution in [-0.2, 0) is 9.59 Å². The largest absolute Gasteiger partial charge is 0.480 e. The number of aliphatic carboxylic acids is 1. The number of nitrogens with one attached hydrogen (secondary N) is 1. The van der Waals surface area contributed by atoms with Gasteiger partial charge in [-0.3, -0.25) is 4.79 Å². The SMILES string of the molecule is CC(N)CCC(=O)NC(C(=O)O)C1CC1. The number of rotatable bonds is 6. The second-order valence-electron chi connectivity index (χ2n) is 4.24. The van der Waals surface area contributed by atoms with E-state index < -0.39 is 12.0 Å². The number of hydrogen-bond donors (Lipinski definition) is 3. The highest BCUT2D eigenvalue weighted by molar-refractivity contribution is 5.84. The fraction of sp³-hybridized carbons (Fsp3) is 0.800. The third-order valence-corrected chi connectivity index (χ3v) is 2.50. The minimum Gasteiger partial charge on any atom is -0.480 e. The normalized spacial score (nSPS) is 19.3. The number of carboxylic acid groups (broad SMARTS) is 1. The van der Waals surface area contributed by atoms with Crippen molar-refractivity contribution in [2.75, 3.05) is 0 Å². The quantitative estimate of drug-likeness (QED) is 0.584. The van der Waals surface area contributed by atoms with Gasteiger partial charge in [-0.15, -0.1) is 0 Å². The Labute approximate surface area is 89.0 Å². The average Bonchev–Trinajstić information content (AvgIpc) is 2.93. The highest BCUT2D eigenvalue weighted by Gasteiger charge is 2.37. The van der Waals surface area contributed by atoms with Crippen LogP contribution in [0.1, 0.15) is 32.6 Å². The summed E-state index contributed by atoms with van der Waals surface area (Å²) in [6.07, 6.45) is 2.67. The zero-order chi connectivity index (χ0) is 11.4. The van der Waals surface area contributed by atoms with E-state index in [9.17, 15) is 9.59 Å². The van der Waals surface area contributed by atoms with Crippen LogP contribution in [-0.4, -0.2) is 29.1 Å². The predicted octanol–water partition coefficient (Wildman–Crippen LogP) is 0.0932. The van der Waals surface area contributed by atoms with Crippen LogP contribution < -0.4 is 11.1 Å². The van der Waals surface area contributed by atoms with Crippen LogP contribution in [0.5, 0.6) is 0 Å². The van der Waals surface area contributed by atoms with Gasteiger partial charge in [0.25, 0.3) is 0 Å². The molecule has 1 fully saturated rings. The number of amides is 1. The summed E-state index contributed by atoms with van der Waals surface area (Å²) in [6.45, 7) is 1.82.